The number of sulfone groups is 1. The van der Waals surface area contributed by atoms with Crippen LogP contribution in [0, 0.1) is 0 Å². The van der Waals surface area contributed by atoms with Gasteiger partial charge in [0.25, 0.3) is 0 Å². The lowest BCUT2D eigenvalue weighted by molar-refractivity contribution is -0.138. The summed E-state index contributed by atoms with van der Waals surface area (Å²) in [4.78, 5) is 8.01. The van der Waals surface area contributed by atoms with Gasteiger partial charge in [-0.3, -0.25) is 0 Å². The van der Waals surface area contributed by atoms with E-state index in [1.165, 1.54) is 26.4 Å². The van der Waals surface area contributed by atoms with Gasteiger partial charge in [-0.25, -0.2) is 18.4 Å². The van der Waals surface area contributed by atoms with Gasteiger partial charge in [-0.1, -0.05) is 12.1 Å². The molecule has 0 saturated heterocycles. The van der Waals surface area contributed by atoms with Crippen LogP contribution in [0.1, 0.15) is 16.8 Å². The van der Waals surface area contributed by atoms with Crippen molar-refractivity contribution < 1.29 is 31.1 Å². The fourth-order valence-electron chi connectivity index (χ4n) is 3.13. The number of hydrogen-bond acceptors (Lipinski definition) is 7. The number of nitrogens with zero attached hydrogens (tertiary/aromatic N) is 2. The average Bonchev–Trinajstić information content (AvgIpc) is 2.76. The van der Waals surface area contributed by atoms with Crippen LogP contribution in [0.3, 0.4) is 0 Å². The Hall–Kier alpha value is -3.34. The molecule has 0 atom stereocenters. The van der Waals surface area contributed by atoms with E-state index in [2.05, 4.69) is 15.3 Å². The highest BCUT2D eigenvalue weighted by molar-refractivity contribution is 7.90. The van der Waals surface area contributed by atoms with Crippen LogP contribution in [0.5, 0.6) is 11.5 Å². The van der Waals surface area contributed by atoms with Crippen molar-refractivity contribution in [2.45, 2.75) is 23.9 Å². The normalized spacial score (nSPS) is 11.8. The highest BCUT2D eigenvalue weighted by Gasteiger charge is 2.34. The molecule has 0 bridgehead atoms. The van der Waals surface area contributed by atoms with Crippen LogP contribution in [0.4, 0.5) is 24.8 Å². The first kappa shape index (κ1) is 24.3. The van der Waals surface area contributed by atoms with Crippen molar-refractivity contribution in [3.8, 4) is 11.5 Å². The number of aryl methyl sites for hydroxylation is 2. The SMILES string of the molecule is COc1ccc(OC)c(Nc2ncc(C(F)(F)F)c(CCc3cccc(S(C)(=O)=O)c3)n2)c1. The molecule has 33 heavy (non-hydrogen) atoms. The van der Waals surface area contributed by atoms with E-state index in [0.29, 0.717) is 22.7 Å². The molecule has 0 saturated carbocycles. The maximum Gasteiger partial charge on any atom is 0.419 e. The second-order valence-corrected chi connectivity index (χ2v) is 9.18. The summed E-state index contributed by atoms with van der Waals surface area (Å²) < 4.78 is 74.6. The summed E-state index contributed by atoms with van der Waals surface area (Å²) in [5.41, 5.74) is -0.173. The monoisotopic (exact) mass is 481 g/mol. The number of alkyl halides is 3. The van der Waals surface area contributed by atoms with E-state index >= 15 is 0 Å². The van der Waals surface area contributed by atoms with Crippen molar-refractivity contribution in [2.24, 2.45) is 0 Å². The van der Waals surface area contributed by atoms with Gasteiger partial charge in [0.2, 0.25) is 5.95 Å². The minimum atomic E-state index is -4.64. The highest BCUT2D eigenvalue weighted by atomic mass is 32.2. The zero-order chi connectivity index (χ0) is 24.2. The quantitative estimate of drug-likeness (QED) is 0.509. The highest BCUT2D eigenvalue weighted by Crippen LogP contribution is 2.34. The molecule has 0 unspecified atom stereocenters. The van der Waals surface area contributed by atoms with E-state index < -0.39 is 21.6 Å². The van der Waals surface area contributed by atoms with E-state index in [-0.39, 0.29) is 29.4 Å². The van der Waals surface area contributed by atoms with Gasteiger partial charge in [-0.2, -0.15) is 13.2 Å². The number of ether oxygens (including phenoxy) is 2. The van der Waals surface area contributed by atoms with Crippen LogP contribution in [0.2, 0.25) is 0 Å². The Bertz CT molecular complexity index is 1250. The number of methoxy groups -OCH3 is 2. The zero-order valence-electron chi connectivity index (χ0n) is 18.1. The number of rotatable bonds is 8. The van der Waals surface area contributed by atoms with Crippen molar-refractivity contribution in [3.63, 3.8) is 0 Å². The van der Waals surface area contributed by atoms with Gasteiger partial charge in [-0.15, -0.1) is 0 Å². The minimum Gasteiger partial charge on any atom is -0.497 e. The molecule has 176 valence electrons. The summed E-state index contributed by atoms with van der Waals surface area (Å²) in [6.07, 6.45) is -2.76. The van der Waals surface area contributed by atoms with Gasteiger partial charge < -0.3 is 14.8 Å². The van der Waals surface area contributed by atoms with Crippen LogP contribution in [-0.4, -0.2) is 38.9 Å². The molecule has 0 radical (unpaired) electrons. The lowest BCUT2D eigenvalue weighted by Gasteiger charge is -2.15. The van der Waals surface area contributed by atoms with E-state index in [4.69, 9.17) is 9.47 Å². The number of anilines is 2. The summed E-state index contributed by atoms with van der Waals surface area (Å²) in [5, 5.41) is 2.87. The molecule has 2 aromatic carbocycles. The molecule has 0 spiro atoms. The molecule has 0 amide bonds. The van der Waals surface area contributed by atoms with Crippen molar-refractivity contribution in [3.05, 3.63) is 65.5 Å². The first-order valence-electron chi connectivity index (χ1n) is 9.72. The minimum absolute atomic E-state index is 0.0468. The van der Waals surface area contributed by atoms with Gasteiger partial charge in [0.1, 0.15) is 11.5 Å². The Morgan fingerprint density at radius 3 is 2.42 bits per heavy atom. The van der Waals surface area contributed by atoms with Gasteiger partial charge in [0.15, 0.2) is 9.84 Å². The lowest BCUT2D eigenvalue weighted by atomic mass is 10.1. The van der Waals surface area contributed by atoms with Gasteiger partial charge in [0.05, 0.1) is 36.1 Å². The van der Waals surface area contributed by atoms with Crippen molar-refractivity contribution >= 4 is 21.5 Å². The Kier molecular flexibility index (Phi) is 7.11. The van der Waals surface area contributed by atoms with Crippen LogP contribution in [0.25, 0.3) is 0 Å². The molecular formula is C22H22F3N3O4S. The summed E-state index contributed by atoms with van der Waals surface area (Å²) >= 11 is 0. The van der Waals surface area contributed by atoms with Crippen molar-refractivity contribution in [2.75, 3.05) is 25.8 Å². The molecule has 0 aliphatic carbocycles. The largest absolute Gasteiger partial charge is 0.497 e. The van der Waals surface area contributed by atoms with E-state index in [0.717, 1.165) is 12.5 Å². The third-order valence-electron chi connectivity index (χ3n) is 4.80. The molecule has 0 aliphatic rings. The van der Waals surface area contributed by atoms with E-state index in [1.54, 1.807) is 30.3 Å². The fourth-order valence-corrected chi connectivity index (χ4v) is 3.82. The molecule has 3 rings (SSSR count). The molecular weight excluding hydrogens is 459 g/mol. The maximum absolute atomic E-state index is 13.6. The predicted octanol–water partition coefficient (Wildman–Crippen LogP) is 4.44. The van der Waals surface area contributed by atoms with Crippen molar-refractivity contribution in [1.29, 1.82) is 0 Å². The molecule has 7 nitrogen and oxygen atoms in total. The van der Waals surface area contributed by atoms with Gasteiger partial charge in [-0.05, 0) is 42.7 Å². The van der Waals surface area contributed by atoms with Gasteiger partial charge in [0, 0.05) is 18.5 Å². The smallest absolute Gasteiger partial charge is 0.419 e. The number of halogens is 3. The molecule has 0 fully saturated rings. The van der Waals surface area contributed by atoms with Crippen LogP contribution < -0.4 is 14.8 Å². The number of aromatic nitrogens is 2. The maximum atomic E-state index is 13.6. The topological polar surface area (TPSA) is 90.4 Å². The molecule has 3 aromatic rings. The Morgan fingerprint density at radius 2 is 1.79 bits per heavy atom. The third kappa shape index (κ3) is 6.13. The van der Waals surface area contributed by atoms with Crippen LogP contribution in [-0.2, 0) is 28.9 Å². The molecule has 1 aromatic heterocycles. The average molecular weight is 481 g/mol. The fraction of sp³-hybridized carbons (Fsp3) is 0.273. The van der Waals surface area contributed by atoms with E-state index in [9.17, 15) is 21.6 Å². The second kappa shape index (κ2) is 9.65. The third-order valence-corrected chi connectivity index (χ3v) is 5.91. The van der Waals surface area contributed by atoms with Crippen LogP contribution >= 0.6 is 0 Å². The molecule has 1 N–H and O–H groups in total. The number of nitrogens with one attached hydrogen (secondary N) is 1. The standard InChI is InChI=1S/C22H22F3N3O4S/c1-31-15-8-10-20(32-2)19(12-15)28-21-26-13-17(22(23,24)25)18(27-21)9-7-14-5-4-6-16(11-14)33(3,29)30/h4-6,8,10-13H,7,9H2,1-3H3,(H,26,27,28). The number of benzene rings is 2. The molecule has 1 heterocycles. The lowest BCUT2D eigenvalue weighted by Crippen LogP contribution is -2.14. The second-order valence-electron chi connectivity index (χ2n) is 7.16. The van der Waals surface area contributed by atoms with Gasteiger partial charge >= 0.3 is 6.18 Å². The summed E-state index contributed by atoms with van der Waals surface area (Å²) in [7, 11) is -0.493. The summed E-state index contributed by atoms with van der Waals surface area (Å²) in [5.74, 6) is 0.893. The van der Waals surface area contributed by atoms with E-state index in [1.807, 2.05) is 0 Å². The molecule has 0 aliphatic heterocycles. The zero-order valence-corrected chi connectivity index (χ0v) is 18.9. The number of hydrogen-bond donors (Lipinski definition) is 1. The first-order chi connectivity index (χ1) is 15.5. The summed E-state index contributed by atoms with van der Waals surface area (Å²) in [6, 6.07) is 11.0. The Balaban J connectivity index is 1.92. The van der Waals surface area contributed by atoms with Crippen molar-refractivity contribution in [1.82, 2.24) is 9.97 Å². The Labute approximate surface area is 189 Å². The summed E-state index contributed by atoms with van der Waals surface area (Å²) in [6.45, 7) is 0. The molecule has 11 heteroatoms. The first-order valence-corrected chi connectivity index (χ1v) is 11.6. The van der Waals surface area contributed by atoms with Crippen LogP contribution in [0.15, 0.2) is 53.6 Å². The predicted molar refractivity (Wildman–Crippen MR) is 117 cm³/mol. The Morgan fingerprint density at radius 1 is 1.03 bits per heavy atom.